The third-order valence-electron chi connectivity index (χ3n) is 2.50. The second kappa shape index (κ2) is 5.48. The third kappa shape index (κ3) is 3.59. The smallest absolute Gasteiger partial charge is 0.326 e. The van der Waals surface area contributed by atoms with Crippen LogP contribution < -0.4 is 5.32 Å². The van der Waals surface area contributed by atoms with E-state index in [0.717, 1.165) is 11.1 Å². The van der Waals surface area contributed by atoms with Gasteiger partial charge in [0, 0.05) is 5.56 Å². The van der Waals surface area contributed by atoms with Gasteiger partial charge in [-0.05, 0) is 32.4 Å². The summed E-state index contributed by atoms with van der Waals surface area (Å²) in [6, 6.07) is 4.63. The van der Waals surface area contributed by atoms with Crippen LogP contribution in [0.1, 0.15) is 34.8 Å². The van der Waals surface area contributed by atoms with E-state index in [2.05, 4.69) is 5.32 Å². The van der Waals surface area contributed by atoms with Gasteiger partial charge in [0.05, 0.1) is 0 Å². The summed E-state index contributed by atoms with van der Waals surface area (Å²) in [7, 11) is 0. The van der Waals surface area contributed by atoms with Crippen molar-refractivity contribution in [3.63, 3.8) is 0 Å². The van der Waals surface area contributed by atoms with Crippen molar-refractivity contribution in [1.82, 2.24) is 5.32 Å². The lowest BCUT2D eigenvalue weighted by molar-refractivity contribution is -0.139. The van der Waals surface area contributed by atoms with Crippen LogP contribution in [0.4, 0.5) is 0 Å². The SMILES string of the molecule is CC[C@H](NC(=O)c1cc(C)cc(C)c1)C(=O)O. The first-order valence-electron chi connectivity index (χ1n) is 5.56. The van der Waals surface area contributed by atoms with Crippen LogP contribution in [0.15, 0.2) is 18.2 Å². The van der Waals surface area contributed by atoms with Gasteiger partial charge in [0.15, 0.2) is 0 Å². The molecule has 0 radical (unpaired) electrons. The van der Waals surface area contributed by atoms with Gasteiger partial charge >= 0.3 is 5.97 Å². The molecule has 0 bridgehead atoms. The molecule has 2 N–H and O–H groups in total. The van der Waals surface area contributed by atoms with E-state index in [9.17, 15) is 9.59 Å². The number of carbonyl (C=O) groups excluding carboxylic acids is 1. The number of aliphatic carboxylic acids is 1. The minimum atomic E-state index is -1.01. The van der Waals surface area contributed by atoms with E-state index in [-0.39, 0.29) is 5.91 Å². The second-order valence-electron chi connectivity index (χ2n) is 4.15. The Kier molecular flexibility index (Phi) is 4.26. The number of hydrogen-bond acceptors (Lipinski definition) is 2. The molecule has 0 aliphatic rings. The van der Waals surface area contributed by atoms with E-state index in [0.29, 0.717) is 12.0 Å². The number of carbonyl (C=O) groups is 2. The Bertz CT molecular complexity index is 420. The largest absolute Gasteiger partial charge is 0.480 e. The fourth-order valence-electron chi connectivity index (χ4n) is 1.69. The zero-order valence-corrected chi connectivity index (χ0v) is 10.3. The van der Waals surface area contributed by atoms with Crippen LogP contribution in [0.5, 0.6) is 0 Å². The van der Waals surface area contributed by atoms with Gasteiger partial charge in [0.2, 0.25) is 0 Å². The molecular formula is C13H17NO3. The zero-order valence-electron chi connectivity index (χ0n) is 10.3. The Morgan fingerprint density at radius 1 is 1.24 bits per heavy atom. The van der Waals surface area contributed by atoms with E-state index in [1.165, 1.54) is 0 Å². The van der Waals surface area contributed by atoms with Crippen LogP contribution in [0.2, 0.25) is 0 Å². The van der Waals surface area contributed by atoms with Crippen LogP contribution in [0.3, 0.4) is 0 Å². The van der Waals surface area contributed by atoms with E-state index >= 15 is 0 Å². The fraction of sp³-hybridized carbons (Fsp3) is 0.385. The van der Waals surface area contributed by atoms with Gasteiger partial charge in [-0.15, -0.1) is 0 Å². The maximum absolute atomic E-state index is 11.8. The monoisotopic (exact) mass is 235 g/mol. The lowest BCUT2D eigenvalue weighted by Gasteiger charge is -2.12. The first-order chi connectivity index (χ1) is 7.93. The van der Waals surface area contributed by atoms with E-state index < -0.39 is 12.0 Å². The van der Waals surface area contributed by atoms with Gasteiger partial charge in [-0.25, -0.2) is 4.79 Å². The number of nitrogens with one attached hydrogen (secondary N) is 1. The standard InChI is InChI=1S/C13H17NO3/c1-4-11(13(16)17)14-12(15)10-6-8(2)5-9(3)7-10/h5-7,11H,4H2,1-3H3,(H,14,15)(H,16,17)/t11-/m0/s1. The highest BCUT2D eigenvalue weighted by Crippen LogP contribution is 2.09. The predicted molar refractivity (Wildman–Crippen MR) is 65.1 cm³/mol. The Labute approximate surface area is 101 Å². The molecule has 1 amide bonds. The first kappa shape index (κ1) is 13.2. The summed E-state index contributed by atoms with van der Waals surface area (Å²) in [6.07, 6.45) is 0.367. The summed E-state index contributed by atoms with van der Waals surface area (Å²) in [5.74, 6) is -1.35. The normalized spacial score (nSPS) is 11.9. The number of carboxylic acids is 1. The zero-order chi connectivity index (χ0) is 13.0. The average molecular weight is 235 g/mol. The van der Waals surface area contributed by atoms with Crippen molar-refractivity contribution in [1.29, 1.82) is 0 Å². The highest BCUT2D eigenvalue weighted by molar-refractivity contribution is 5.96. The summed E-state index contributed by atoms with van der Waals surface area (Å²) in [5, 5.41) is 11.4. The highest BCUT2D eigenvalue weighted by Gasteiger charge is 2.18. The highest BCUT2D eigenvalue weighted by atomic mass is 16.4. The van der Waals surface area contributed by atoms with Gasteiger partial charge in [-0.3, -0.25) is 4.79 Å². The van der Waals surface area contributed by atoms with Crippen molar-refractivity contribution >= 4 is 11.9 Å². The Hall–Kier alpha value is -1.84. The molecule has 1 aromatic rings. The molecule has 0 aliphatic carbocycles. The van der Waals surface area contributed by atoms with Gasteiger partial charge in [-0.2, -0.15) is 0 Å². The van der Waals surface area contributed by atoms with Gasteiger partial charge in [0.25, 0.3) is 5.91 Å². The molecule has 4 heteroatoms. The van der Waals surface area contributed by atoms with Gasteiger partial charge in [0.1, 0.15) is 6.04 Å². The molecule has 92 valence electrons. The molecule has 0 aliphatic heterocycles. The minimum Gasteiger partial charge on any atom is -0.480 e. The summed E-state index contributed by atoms with van der Waals surface area (Å²) < 4.78 is 0. The molecule has 0 saturated heterocycles. The molecule has 0 heterocycles. The first-order valence-corrected chi connectivity index (χ1v) is 5.56. The molecule has 4 nitrogen and oxygen atoms in total. The third-order valence-corrected chi connectivity index (χ3v) is 2.50. The number of aryl methyl sites for hydroxylation is 2. The van der Waals surface area contributed by atoms with Crippen LogP contribution in [-0.2, 0) is 4.79 Å². The van der Waals surface area contributed by atoms with Crippen LogP contribution in [0, 0.1) is 13.8 Å². The van der Waals surface area contributed by atoms with Gasteiger partial charge in [-0.1, -0.05) is 24.1 Å². The van der Waals surface area contributed by atoms with Crippen LogP contribution in [0.25, 0.3) is 0 Å². The second-order valence-corrected chi connectivity index (χ2v) is 4.15. The number of carboxylic acid groups (broad SMARTS) is 1. The summed E-state index contributed by atoms with van der Waals surface area (Å²) in [4.78, 5) is 22.7. The number of amides is 1. The summed E-state index contributed by atoms with van der Waals surface area (Å²) in [5.41, 5.74) is 2.47. The maximum Gasteiger partial charge on any atom is 0.326 e. The van der Waals surface area contributed by atoms with Crippen LogP contribution in [-0.4, -0.2) is 23.0 Å². The van der Waals surface area contributed by atoms with Crippen molar-refractivity contribution < 1.29 is 14.7 Å². The Morgan fingerprint density at radius 2 is 1.76 bits per heavy atom. The fourth-order valence-corrected chi connectivity index (χ4v) is 1.69. The van der Waals surface area contributed by atoms with Crippen LogP contribution >= 0.6 is 0 Å². The molecular weight excluding hydrogens is 218 g/mol. The van der Waals surface area contributed by atoms with E-state index in [4.69, 9.17) is 5.11 Å². The predicted octanol–water partition coefficient (Wildman–Crippen LogP) is 1.90. The number of rotatable bonds is 4. The molecule has 0 aromatic heterocycles. The quantitative estimate of drug-likeness (QED) is 0.837. The van der Waals surface area contributed by atoms with Crippen molar-refractivity contribution in [2.75, 3.05) is 0 Å². The summed E-state index contributed by atoms with van der Waals surface area (Å²) >= 11 is 0. The van der Waals surface area contributed by atoms with Crippen molar-refractivity contribution in [2.45, 2.75) is 33.2 Å². The van der Waals surface area contributed by atoms with E-state index in [1.807, 2.05) is 19.9 Å². The molecule has 0 unspecified atom stereocenters. The lowest BCUT2D eigenvalue weighted by atomic mass is 10.1. The van der Waals surface area contributed by atoms with Crippen molar-refractivity contribution in [3.8, 4) is 0 Å². The molecule has 0 fully saturated rings. The maximum atomic E-state index is 11.8. The number of hydrogen-bond donors (Lipinski definition) is 2. The number of benzene rings is 1. The Morgan fingerprint density at radius 3 is 2.18 bits per heavy atom. The Balaban J connectivity index is 2.86. The molecule has 17 heavy (non-hydrogen) atoms. The van der Waals surface area contributed by atoms with Gasteiger partial charge < -0.3 is 10.4 Å². The molecule has 1 rings (SSSR count). The van der Waals surface area contributed by atoms with Crippen molar-refractivity contribution in [3.05, 3.63) is 34.9 Å². The lowest BCUT2D eigenvalue weighted by Crippen LogP contribution is -2.40. The molecule has 0 spiro atoms. The molecule has 0 saturated carbocycles. The molecule has 1 aromatic carbocycles. The van der Waals surface area contributed by atoms with E-state index in [1.54, 1.807) is 19.1 Å². The summed E-state index contributed by atoms with van der Waals surface area (Å²) in [6.45, 7) is 5.52. The topological polar surface area (TPSA) is 66.4 Å². The van der Waals surface area contributed by atoms with Crippen molar-refractivity contribution in [2.24, 2.45) is 0 Å². The average Bonchev–Trinajstić information content (AvgIpc) is 2.23. The minimum absolute atomic E-state index is 0.342. The molecule has 1 atom stereocenters.